The molecule has 0 saturated carbocycles. The van der Waals surface area contributed by atoms with E-state index in [9.17, 15) is 4.79 Å². The number of thioether (sulfide) groups is 1. The third-order valence-corrected chi connectivity index (χ3v) is 4.08. The summed E-state index contributed by atoms with van der Waals surface area (Å²) in [6.45, 7) is 5.28. The van der Waals surface area contributed by atoms with Crippen LogP contribution in [0, 0.1) is 0 Å². The average Bonchev–Trinajstić information content (AvgIpc) is 2.44. The fourth-order valence-corrected chi connectivity index (χ4v) is 2.68. The molecule has 1 unspecified atom stereocenters. The van der Waals surface area contributed by atoms with E-state index in [0.717, 1.165) is 18.7 Å². The maximum Gasteiger partial charge on any atom is 0.219 e. The molecule has 0 spiro atoms. The second kappa shape index (κ2) is 8.99. The van der Waals surface area contributed by atoms with Crippen LogP contribution in [0.4, 0.5) is 0 Å². The summed E-state index contributed by atoms with van der Waals surface area (Å²) in [6, 6.07) is 9.07. The van der Waals surface area contributed by atoms with Gasteiger partial charge in [0.2, 0.25) is 5.91 Å². The third-order valence-electron chi connectivity index (χ3n) is 2.99. The highest BCUT2D eigenvalue weighted by Crippen LogP contribution is 2.22. The van der Waals surface area contributed by atoms with Crippen molar-refractivity contribution in [3.05, 3.63) is 29.8 Å². The van der Waals surface area contributed by atoms with E-state index in [1.54, 1.807) is 18.8 Å². The Kier molecular flexibility index (Phi) is 7.60. The Morgan fingerprint density at radius 2 is 2.00 bits per heavy atom. The number of rotatable bonds is 8. The number of amides is 1. The molecule has 0 fully saturated rings. The molecule has 0 aliphatic rings. The zero-order chi connectivity index (χ0) is 14.1. The molecule has 0 aliphatic carbocycles. The van der Waals surface area contributed by atoms with Crippen LogP contribution in [-0.2, 0) is 4.79 Å². The van der Waals surface area contributed by atoms with Gasteiger partial charge in [0.25, 0.3) is 0 Å². The van der Waals surface area contributed by atoms with Crippen molar-refractivity contribution in [3.8, 4) is 0 Å². The van der Waals surface area contributed by atoms with Gasteiger partial charge in [-0.15, -0.1) is 11.8 Å². The first-order valence-corrected chi connectivity index (χ1v) is 7.82. The van der Waals surface area contributed by atoms with Gasteiger partial charge in [-0.25, -0.2) is 0 Å². The number of carbonyl (C=O) groups excluding carboxylic acids is 1. The van der Waals surface area contributed by atoms with E-state index in [4.69, 9.17) is 0 Å². The van der Waals surface area contributed by atoms with E-state index < -0.39 is 0 Å². The first kappa shape index (κ1) is 16.1. The fraction of sp³-hybridized carbons (Fsp3) is 0.533. The Bertz CT molecular complexity index is 378. The predicted molar refractivity (Wildman–Crippen MR) is 82.6 cm³/mol. The maximum absolute atomic E-state index is 11.1. The molecule has 106 valence electrons. The van der Waals surface area contributed by atoms with Crippen LogP contribution in [0.25, 0.3) is 0 Å². The second-order valence-corrected chi connectivity index (χ2v) is 5.64. The number of carbonyl (C=O) groups is 1. The van der Waals surface area contributed by atoms with Gasteiger partial charge in [0.15, 0.2) is 0 Å². The highest BCUT2D eigenvalue weighted by atomic mass is 32.2. The number of hydrogen-bond acceptors (Lipinski definition) is 3. The first-order valence-electron chi connectivity index (χ1n) is 6.84. The minimum Gasteiger partial charge on any atom is -0.359 e. The molecule has 0 heterocycles. The molecule has 0 aliphatic heterocycles. The predicted octanol–water partition coefficient (Wildman–Crippen LogP) is 2.98. The minimum atomic E-state index is 0.121. The van der Waals surface area contributed by atoms with Crippen molar-refractivity contribution >= 4 is 17.7 Å². The van der Waals surface area contributed by atoms with Crippen molar-refractivity contribution in [2.24, 2.45) is 0 Å². The van der Waals surface area contributed by atoms with Crippen LogP contribution < -0.4 is 10.6 Å². The van der Waals surface area contributed by atoms with Crippen molar-refractivity contribution in [3.63, 3.8) is 0 Å². The van der Waals surface area contributed by atoms with Gasteiger partial charge in [0, 0.05) is 24.4 Å². The molecule has 1 amide bonds. The summed E-state index contributed by atoms with van der Waals surface area (Å²) in [5.74, 6) is 1.10. The van der Waals surface area contributed by atoms with Gasteiger partial charge < -0.3 is 10.6 Å². The third kappa shape index (κ3) is 6.12. The molecule has 4 heteroatoms. The normalized spacial score (nSPS) is 12.2. The summed E-state index contributed by atoms with van der Waals surface area (Å²) >= 11 is 1.81. The number of hydrogen-bond donors (Lipinski definition) is 2. The van der Waals surface area contributed by atoms with Crippen molar-refractivity contribution in [2.75, 3.05) is 19.3 Å². The summed E-state index contributed by atoms with van der Waals surface area (Å²) < 4.78 is 0. The zero-order valence-electron chi connectivity index (χ0n) is 12.0. The molecule has 2 N–H and O–H groups in total. The standard InChI is InChI=1S/C15H24N2OS/c1-4-17-12(2)13-7-9-14(10-8-13)19-11-5-6-15(18)16-3/h7-10,12,17H,4-6,11H2,1-3H3,(H,16,18). The molecule has 3 nitrogen and oxygen atoms in total. The van der Waals surface area contributed by atoms with E-state index in [-0.39, 0.29) is 5.91 Å². The Morgan fingerprint density at radius 1 is 1.32 bits per heavy atom. The zero-order valence-corrected chi connectivity index (χ0v) is 12.8. The highest BCUT2D eigenvalue weighted by molar-refractivity contribution is 7.99. The lowest BCUT2D eigenvalue weighted by molar-refractivity contribution is -0.120. The quantitative estimate of drug-likeness (QED) is 0.568. The van der Waals surface area contributed by atoms with E-state index in [0.29, 0.717) is 12.5 Å². The van der Waals surface area contributed by atoms with Crippen LogP contribution in [0.2, 0.25) is 0 Å². The molecule has 1 rings (SSSR count). The van der Waals surface area contributed by atoms with Gasteiger partial charge in [-0.3, -0.25) is 4.79 Å². The van der Waals surface area contributed by atoms with E-state index in [2.05, 4.69) is 48.7 Å². The molecule has 19 heavy (non-hydrogen) atoms. The van der Waals surface area contributed by atoms with Crippen LogP contribution in [0.1, 0.15) is 38.3 Å². The van der Waals surface area contributed by atoms with E-state index in [1.807, 2.05) is 0 Å². The summed E-state index contributed by atoms with van der Waals surface area (Å²) in [7, 11) is 1.68. The topological polar surface area (TPSA) is 41.1 Å². The van der Waals surface area contributed by atoms with Crippen LogP contribution >= 0.6 is 11.8 Å². The van der Waals surface area contributed by atoms with E-state index in [1.165, 1.54) is 10.5 Å². The van der Waals surface area contributed by atoms with Crippen molar-refractivity contribution < 1.29 is 4.79 Å². The van der Waals surface area contributed by atoms with Gasteiger partial charge >= 0.3 is 0 Å². The summed E-state index contributed by atoms with van der Waals surface area (Å²) in [6.07, 6.45) is 1.53. The van der Waals surface area contributed by atoms with Crippen molar-refractivity contribution in [2.45, 2.75) is 37.6 Å². The molecule has 1 aromatic rings. The minimum absolute atomic E-state index is 0.121. The maximum atomic E-state index is 11.1. The molecule has 0 radical (unpaired) electrons. The lowest BCUT2D eigenvalue weighted by Gasteiger charge is -2.13. The van der Waals surface area contributed by atoms with Crippen LogP contribution in [0.5, 0.6) is 0 Å². The number of benzene rings is 1. The molecule has 1 aromatic carbocycles. The van der Waals surface area contributed by atoms with Gasteiger partial charge in [0.05, 0.1) is 0 Å². The molecular weight excluding hydrogens is 256 g/mol. The summed E-state index contributed by atoms with van der Waals surface area (Å²) in [5, 5.41) is 6.04. The lowest BCUT2D eigenvalue weighted by Crippen LogP contribution is -2.17. The van der Waals surface area contributed by atoms with Gasteiger partial charge in [0.1, 0.15) is 0 Å². The number of nitrogens with one attached hydrogen (secondary N) is 2. The van der Waals surface area contributed by atoms with Crippen LogP contribution in [-0.4, -0.2) is 25.3 Å². The molecule has 0 aromatic heterocycles. The SMILES string of the molecule is CCNC(C)c1ccc(SCCCC(=O)NC)cc1. The van der Waals surface area contributed by atoms with Crippen molar-refractivity contribution in [1.82, 2.24) is 10.6 Å². The van der Waals surface area contributed by atoms with Gasteiger partial charge in [-0.2, -0.15) is 0 Å². The summed E-state index contributed by atoms with van der Waals surface area (Å²) in [5.41, 5.74) is 1.32. The molecular formula is C15H24N2OS. The van der Waals surface area contributed by atoms with Gasteiger partial charge in [-0.05, 0) is 43.3 Å². The van der Waals surface area contributed by atoms with Crippen molar-refractivity contribution in [1.29, 1.82) is 0 Å². The molecule has 0 saturated heterocycles. The van der Waals surface area contributed by atoms with Gasteiger partial charge in [-0.1, -0.05) is 19.1 Å². The Hall–Kier alpha value is -1.00. The van der Waals surface area contributed by atoms with Crippen LogP contribution in [0.3, 0.4) is 0 Å². The lowest BCUT2D eigenvalue weighted by atomic mass is 10.1. The molecule has 1 atom stereocenters. The second-order valence-electron chi connectivity index (χ2n) is 4.47. The average molecular weight is 280 g/mol. The Labute approximate surface area is 120 Å². The Balaban J connectivity index is 2.34. The van der Waals surface area contributed by atoms with E-state index >= 15 is 0 Å². The monoisotopic (exact) mass is 280 g/mol. The summed E-state index contributed by atoms with van der Waals surface area (Å²) in [4.78, 5) is 12.3. The molecule has 0 bridgehead atoms. The largest absolute Gasteiger partial charge is 0.359 e. The Morgan fingerprint density at radius 3 is 2.58 bits per heavy atom. The van der Waals surface area contributed by atoms with Crippen LogP contribution in [0.15, 0.2) is 29.2 Å². The fourth-order valence-electron chi connectivity index (χ4n) is 1.82. The highest BCUT2D eigenvalue weighted by Gasteiger charge is 2.03. The smallest absolute Gasteiger partial charge is 0.219 e. The first-order chi connectivity index (χ1) is 9.17.